The molecule has 3 aromatic rings. The average Bonchev–Trinajstić information content (AvgIpc) is 3.26. The molecule has 0 atom stereocenters. The fraction of sp³-hybridized carbons (Fsp3) is 0.318. The van der Waals surface area contributed by atoms with Gasteiger partial charge in [-0.1, -0.05) is 12.1 Å². The van der Waals surface area contributed by atoms with E-state index in [1.165, 1.54) is 0 Å². The second-order valence-corrected chi connectivity index (χ2v) is 9.85. The third-order valence-corrected chi connectivity index (χ3v) is 7.46. The second-order valence-electron chi connectivity index (χ2n) is 7.91. The normalized spacial score (nSPS) is 15.9. The van der Waals surface area contributed by atoms with Crippen molar-refractivity contribution in [2.24, 2.45) is 5.92 Å². The first-order valence-corrected chi connectivity index (χ1v) is 12.0. The van der Waals surface area contributed by atoms with Gasteiger partial charge in [-0.15, -0.1) is 0 Å². The molecule has 1 N–H and O–H groups in total. The Morgan fingerprint density at radius 1 is 1.09 bits per heavy atom. The van der Waals surface area contributed by atoms with E-state index in [4.69, 9.17) is 0 Å². The number of benzene rings is 1. The third-order valence-electron chi connectivity index (χ3n) is 5.57. The topological polar surface area (TPSA) is 97.2 Å². The molecule has 1 aliphatic heterocycles. The van der Waals surface area contributed by atoms with Crippen molar-refractivity contribution in [2.75, 3.05) is 18.4 Å². The molecular formula is C22H22F3N5O3S. The van der Waals surface area contributed by atoms with Crippen LogP contribution in [0, 0.1) is 5.92 Å². The van der Waals surface area contributed by atoms with Crippen LogP contribution in [-0.4, -0.2) is 46.5 Å². The van der Waals surface area contributed by atoms with Gasteiger partial charge in [-0.25, -0.2) is 8.42 Å². The Morgan fingerprint density at radius 2 is 1.85 bits per heavy atom. The van der Waals surface area contributed by atoms with Gasteiger partial charge in [0.15, 0.2) is 5.82 Å². The van der Waals surface area contributed by atoms with Gasteiger partial charge in [0.1, 0.15) is 0 Å². The molecule has 2 aromatic heterocycles. The molecule has 180 valence electrons. The van der Waals surface area contributed by atoms with Crippen LogP contribution in [-0.2, 0) is 27.5 Å². The fourth-order valence-corrected chi connectivity index (χ4v) is 5.26. The number of hydrogen-bond donors (Lipinski definition) is 1. The van der Waals surface area contributed by atoms with Crippen molar-refractivity contribution in [3.05, 3.63) is 72.2 Å². The van der Waals surface area contributed by atoms with Crippen molar-refractivity contribution >= 4 is 21.7 Å². The predicted molar refractivity (Wildman–Crippen MR) is 117 cm³/mol. The van der Waals surface area contributed by atoms with Crippen LogP contribution in [0.3, 0.4) is 0 Å². The van der Waals surface area contributed by atoms with Crippen molar-refractivity contribution in [1.82, 2.24) is 19.1 Å². The maximum atomic E-state index is 13.0. The first-order chi connectivity index (χ1) is 16.1. The summed E-state index contributed by atoms with van der Waals surface area (Å²) in [7, 11) is -4.10. The van der Waals surface area contributed by atoms with Crippen LogP contribution >= 0.6 is 0 Å². The number of hydrogen-bond acceptors (Lipinski definition) is 5. The monoisotopic (exact) mass is 493 g/mol. The molecule has 8 nitrogen and oxygen atoms in total. The predicted octanol–water partition coefficient (Wildman–Crippen LogP) is 3.38. The summed E-state index contributed by atoms with van der Waals surface area (Å²) in [6.07, 6.45) is -0.742. The van der Waals surface area contributed by atoms with Crippen LogP contribution in [0.25, 0.3) is 0 Å². The quantitative estimate of drug-likeness (QED) is 0.568. The van der Waals surface area contributed by atoms with Gasteiger partial charge in [0.05, 0.1) is 22.7 Å². The SMILES string of the molecule is O=C(Nc1ccn(Cc2ccccn2)n1)C1CCN(S(=O)(=O)c2cccc(C(F)(F)F)c2)CC1. The minimum atomic E-state index is -4.64. The van der Waals surface area contributed by atoms with Crippen LogP contribution in [0.5, 0.6) is 0 Å². The van der Waals surface area contributed by atoms with Gasteiger partial charge in [0, 0.05) is 37.5 Å². The Kier molecular flexibility index (Phi) is 6.71. The first kappa shape index (κ1) is 23.9. The molecule has 3 heterocycles. The number of pyridine rings is 1. The minimum absolute atomic E-state index is 0.0325. The van der Waals surface area contributed by atoms with Crippen molar-refractivity contribution in [1.29, 1.82) is 0 Å². The fourth-order valence-electron chi connectivity index (χ4n) is 3.74. The Hall–Kier alpha value is -3.25. The van der Waals surface area contributed by atoms with E-state index in [-0.39, 0.29) is 31.8 Å². The maximum Gasteiger partial charge on any atom is 0.416 e. The molecule has 1 saturated heterocycles. The number of aromatic nitrogens is 3. The molecule has 0 bridgehead atoms. The number of sulfonamides is 1. The summed E-state index contributed by atoms with van der Waals surface area (Å²) in [6.45, 7) is 0.512. The maximum absolute atomic E-state index is 13.0. The van der Waals surface area contributed by atoms with Crippen molar-refractivity contribution in [3.8, 4) is 0 Å². The Morgan fingerprint density at radius 3 is 2.53 bits per heavy atom. The van der Waals surface area contributed by atoms with Crippen molar-refractivity contribution in [2.45, 2.75) is 30.5 Å². The van der Waals surface area contributed by atoms with E-state index in [1.54, 1.807) is 23.1 Å². The Labute approximate surface area is 194 Å². The molecule has 1 aliphatic rings. The molecule has 12 heteroatoms. The zero-order valence-electron chi connectivity index (χ0n) is 17.9. The highest BCUT2D eigenvalue weighted by molar-refractivity contribution is 7.89. The summed E-state index contributed by atoms with van der Waals surface area (Å²) in [5.74, 6) is -0.340. The summed E-state index contributed by atoms with van der Waals surface area (Å²) in [5.41, 5.74) is -0.205. The third kappa shape index (κ3) is 5.45. The summed E-state index contributed by atoms with van der Waals surface area (Å²) < 4.78 is 67.3. The molecule has 1 fully saturated rings. The molecule has 0 saturated carbocycles. The molecule has 0 radical (unpaired) electrons. The molecule has 0 unspecified atom stereocenters. The van der Waals surface area contributed by atoms with Crippen LogP contribution < -0.4 is 5.32 Å². The molecule has 0 aliphatic carbocycles. The summed E-state index contributed by atoms with van der Waals surface area (Å²) >= 11 is 0. The largest absolute Gasteiger partial charge is 0.416 e. The highest BCUT2D eigenvalue weighted by atomic mass is 32.2. The van der Waals surface area contributed by atoms with Crippen LogP contribution in [0.4, 0.5) is 19.0 Å². The standard InChI is InChI=1S/C22H22F3N5O3S/c23-22(24,25)17-4-3-6-19(14-17)34(32,33)30-12-7-16(8-13-30)21(31)27-20-9-11-29(28-20)15-18-5-1-2-10-26-18/h1-6,9-11,14,16H,7-8,12-13,15H2,(H,27,28,31). The molecular weight excluding hydrogens is 471 g/mol. The number of nitrogens with zero attached hydrogens (tertiary/aromatic N) is 4. The zero-order chi connectivity index (χ0) is 24.3. The Balaban J connectivity index is 1.34. The second kappa shape index (κ2) is 9.55. The number of alkyl halides is 3. The number of piperidine rings is 1. The van der Waals surface area contributed by atoms with E-state index >= 15 is 0 Å². The first-order valence-electron chi connectivity index (χ1n) is 10.5. The minimum Gasteiger partial charge on any atom is -0.309 e. The van der Waals surface area contributed by atoms with Gasteiger partial charge >= 0.3 is 6.18 Å². The summed E-state index contributed by atoms with van der Waals surface area (Å²) in [4.78, 5) is 16.5. The van der Waals surface area contributed by atoms with Crippen LogP contribution in [0.15, 0.2) is 65.8 Å². The Bertz CT molecular complexity index is 1250. The van der Waals surface area contributed by atoms with Gasteiger partial charge in [0.25, 0.3) is 0 Å². The summed E-state index contributed by atoms with van der Waals surface area (Å²) in [5, 5.41) is 7.05. The lowest BCUT2D eigenvalue weighted by Crippen LogP contribution is -2.41. The number of carbonyl (C=O) groups is 1. The van der Waals surface area contributed by atoms with E-state index < -0.39 is 32.6 Å². The van der Waals surface area contributed by atoms with Crippen molar-refractivity contribution < 1.29 is 26.4 Å². The van der Waals surface area contributed by atoms with Crippen molar-refractivity contribution in [3.63, 3.8) is 0 Å². The number of rotatable bonds is 6. The van der Waals surface area contributed by atoms with Crippen LogP contribution in [0.2, 0.25) is 0 Å². The number of halogens is 3. The molecule has 1 amide bonds. The van der Waals surface area contributed by atoms with Gasteiger partial charge in [0.2, 0.25) is 15.9 Å². The van der Waals surface area contributed by atoms with E-state index in [2.05, 4.69) is 15.4 Å². The van der Waals surface area contributed by atoms with Crippen LogP contribution in [0.1, 0.15) is 24.1 Å². The van der Waals surface area contributed by atoms with Gasteiger partial charge in [-0.05, 0) is 43.2 Å². The van der Waals surface area contributed by atoms with E-state index in [1.807, 2.05) is 18.2 Å². The molecule has 34 heavy (non-hydrogen) atoms. The number of nitrogens with one attached hydrogen (secondary N) is 1. The molecule has 4 rings (SSSR count). The lowest BCUT2D eigenvalue weighted by atomic mass is 9.97. The lowest BCUT2D eigenvalue weighted by Gasteiger charge is -2.30. The van der Waals surface area contributed by atoms with Gasteiger partial charge in [-0.2, -0.15) is 22.6 Å². The van der Waals surface area contributed by atoms with Gasteiger partial charge in [-0.3, -0.25) is 14.5 Å². The zero-order valence-corrected chi connectivity index (χ0v) is 18.8. The lowest BCUT2D eigenvalue weighted by molar-refractivity contribution is -0.137. The number of amides is 1. The smallest absolute Gasteiger partial charge is 0.309 e. The number of carbonyl (C=O) groups excluding carboxylic acids is 1. The summed E-state index contributed by atoms with van der Waals surface area (Å²) in [6, 6.07) is 10.9. The number of anilines is 1. The molecule has 1 aromatic carbocycles. The highest BCUT2D eigenvalue weighted by Crippen LogP contribution is 2.32. The van der Waals surface area contributed by atoms with E-state index in [9.17, 15) is 26.4 Å². The molecule has 0 spiro atoms. The highest BCUT2D eigenvalue weighted by Gasteiger charge is 2.35. The average molecular weight is 494 g/mol. The van der Waals surface area contributed by atoms with E-state index in [0.29, 0.717) is 18.4 Å². The van der Waals surface area contributed by atoms with Gasteiger partial charge < -0.3 is 5.32 Å². The van der Waals surface area contributed by atoms with E-state index in [0.717, 1.165) is 28.2 Å².